The minimum atomic E-state index is 0.531. The van der Waals surface area contributed by atoms with Crippen LogP contribution in [0.3, 0.4) is 0 Å². The van der Waals surface area contributed by atoms with Gasteiger partial charge in [0.2, 0.25) is 0 Å². The summed E-state index contributed by atoms with van der Waals surface area (Å²) in [6.07, 6.45) is 0. The highest BCUT2D eigenvalue weighted by atomic mass is 14.9. The lowest BCUT2D eigenvalue weighted by atomic mass is 10.0. The second-order valence-electron chi connectivity index (χ2n) is 4.17. The Bertz CT molecular complexity index is 441. The van der Waals surface area contributed by atoms with Crippen LogP contribution in [0.25, 0.3) is 10.8 Å². The first-order valence-corrected chi connectivity index (χ1v) is 5.47. The molecule has 0 bridgehead atoms. The summed E-state index contributed by atoms with van der Waals surface area (Å²) in [5, 5.41) is 6.13. The molecule has 1 heteroatoms. The molecule has 0 aliphatic rings. The smallest absolute Gasteiger partial charge is 0.0214 e. The van der Waals surface area contributed by atoms with Gasteiger partial charge in [0, 0.05) is 12.6 Å². The third-order valence-electron chi connectivity index (χ3n) is 2.58. The van der Waals surface area contributed by atoms with Crippen LogP contribution in [-0.2, 0) is 6.54 Å². The number of rotatable bonds is 3. The van der Waals surface area contributed by atoms with E-state index in [1.54, 1.807) is 0 Å². The van der Waals surface area contributed by atoms with Gasteiger partial charge >= 0.3 is 0 Å². The second kappa shape index (κ2) is 4.45. The van der Waals surface area contributed by atoms with Crippen LogP contribution in [0.5, 0.6) is 0 Å². The first-order chi connectivity index (χ1) is 7.27. The Morgan fingerprint density at radius 1 is 1.00 bits per heavy atom. The average molecular weight is 199 g/mol. The van der Waals surface area contributed by atoms with E-state index >= 15 is 0 Å². The van der Waals surface area contributed by atoms with Gasteiger partial charge < -0.3 is 5.32 Å². The van der Waals surface area contributed by atoms with Crippen LogP contribution in [0.15, 0.2) is 42.5 Å². The van der Waals surface area contributed by atoms with E-state index in [2.05, 4.69) is 61.6 Å². The summed E-state index contributed by atoms with van der Waals surface area (Å²) < 4.78 is 0. The zero-order valence-corrected chi connectivity index (χ0v) is 9.33. The third kappa shape index (κ3) is 2.37. The molecular weight excluding hydrogens is 182 g/mol. The Balaban J connectivity index is 2.34. The lowest BCUT2D eigenvalue weighted by Crippen LogP contribution is -2.21. The predicted octanol–water partition coefficient (Wildman–Crippen LogP) is 3.34. The quantitative estimate of drug-likeness (QED) is 0.799. The fraction of sp³-hybridized carbons (Fsp3) is 0.286. The van der Waals surface area contributed by atoms with E-state index in [4.69, 9.17) is 0 Å². The SMILES string of the molecule is CC(C)NCc1cccc2ccccc12. The molecule has 0 aromatic heterocycles. The highest BCUT2D eigenvalue weighted by Crippen LogP contribution is 2.18. The topological polar surface area (TPSA) is 12.0 Å². The fourth-order valence-corrected chi connectivity index (χ4v) is 1.76. The Labute approximate surface area is 91.1 Å². The minimum Gasteiger partial charge on any atom is -0.310 e. The highest BCUT2D eigenvalue weighted by molar-refractivity contribution is 5.85. The zero-order chi connectivity index (χ0) is 10.7. The molecule has 0 saturated carbocycles. The maximum Gasteiger partial charge on any atom is 0.0214 e. The Morgan fingerprint density at radius 3 is 2.53 bits per heavy atom. The summed E-state index contributed by atoms with van der Waals surface area (Å²) >= 11 is 0. The summed E-state index contributed by atoms with van der Waals surface area (Å²) in [5.74, 6) is 0. The molecule has 0 amide bonds. The lowest BCUT2D eigenvalue weighted by Gasteiger charge is -2.10. The first kappa shape index (κ1) is 10.2. The molecule has 15 heavy (non-hydrogen) atoms. The molecule has 0 atom stereocenters. The molecule has 0 fully saturated rings. The van der Waals surface area contributed by atoms with E-state index in [1.807, 2.05) is 0 Å². The van der Waals surface area contributed by atoms with Gasteiger partial charge in [-0.2, -0.15) is 0 Å². The maximum atomic E-state index is 3.45. The number of benzene rings is 2. The lowest BCUT2D eigenvalue weighted by molar-refractivity contribution is 0.591. The van der Waals surface area contributed by atoms with Crippen molar-refractivity contribution in [2.24, 2.45) is 0 Å². The molecule has 2 aromatic carbocycles. The van der Waals surface area contributed by atoms with Crippen molar-refractivity contribution in [1.29, 1.82) is 0 Å². The van der Waals surface area contributed by atoms with Crippen LogP contribution in [0.4, 0.5) is 0 Å². The van der Waals surface area contributed by atoms with Crippen molar-refractivity contribution in [3.05, 3.63) is 48.0 Å². The Kier molecular flexibility index (Phi) is 3.02. The van der Waals surface area contributed by atoms with E-state index in [0.29, 0.717) is 6.04 Å². The van der Waals surface area contributed by atoms with E-state index < -0.39 is 0 Å². The fourth-order valence-electron chi connectivity index (χ4n) is 1.76. The highest BCUT2D eigenvalue weighted by Gasteiger charge is 2.00. The van der Waals surface area contributed by atoms with Gasteiger partial charge in [-0.3, -0.25) is 0 Å². The van der Waals surface area contributed by atoms with Crippen LogP contribution in [0.1, 0.15) is 19.4 Å². The number of fused-ring (bicyclic) bond motifs is 1. The molecule has 0 heterocycles. The van der Waals surface area contributed by atoms with Gasteiger partial charge in [-0.15, -0.1) is 0 Å². The Morgan fingerprint density at radius 2 is 1.73 bits per heavy atom. The van der Waals surface area contributed by atoms with Crippen molar-refractivity contribution < 1.29 is 0 Å². The van der Waals surface area contributed by atoms with E-state index in [0.717, 1.165) is 6.54 Å². The summed E-state index contributed by atoms with van der Waals surface area (Å²) in [6.45, 7) is 5.29. The van der Waals surface area contributed by atoms with Crippen molar-refractivity contribution >= 4 is 10.8 Å². The molecule has 78 valence electrons. The largest absolute Gasteiger partial charge is 0.310 e. The average Bonchev–Trinajstić information content (AvgIpc) is 2.26. The van der Waals surface area contributed by atoms with E-state index in [9.17, 15) is 0 Å². The van der Waals surface area contributed by atoms with Crippen molar-refractivity contribution in [1.82, 2.24) is 5.32 Å². The first-order valence-electron chi connectivity index (χ1n) is 5.47. The molecule has 0 spiro atoms. The van der Waals surface area contributed by atoms with Gasteiger partial charge in [0.25, 0.3) is 0 Å². The molecule has 2 rings (SSSR count). The summed E-state index contributed by atoms with van der Waals surface area (Å²) in [6, 6.07) is 15.5. The molecule has 2 aromatic rings. The van der Waals surface area contributed by atoms with Gasteiger partial charge in [-0.25, -0.2) is 0 Å². The van der Waals surface area contributed by atoms with Crippen LogP contribution >= 0.6 is 0 Å². The molecule has 0 unspecified atom stereocenters. The second-order valence-corrected chi connectivity index (χ2v) is 4.17. The molecule has 0 aliphatic heterocycles. The van der Waals surface area contributed by atoms with Crippen LogP contribution < -0.4 is 5.32 Å². The van der Waals surface area contributed by atoms with Crippen molar-refractivity contribution in [2.75, 3.05) is 0 Å². The zero-order valence-electron chi connectivity index (χ0n) is 9.33. The normalized spacial score (nSPS) is 11.1. The number of hydrogen-bond acceptors (Lipinski definition) is 1. The number of nitrogens with one attached hydrogen (secondary N) is 1. The molecule has 0 saturated heterocycles. The maximum absolute atomic E-state index is 3.45. The summed E-state index contributed by atoms with van der Waals surface area (Å²) in [5.41, 5.74) is 1.38. The van der Waals surface area contributed by atoms with Crippen molar-refractivity contribution in [3.8, 4) is 0 Å². The number of hydrogen-bond donors (Lipinski definition) is 1. The molecule has 1 N–H and O–H groups in total. The third-order valence-corrected chi connectivity index (χ3v) is 2.58. The molecule has 1 nitrogen and oxygen atoms in total. The van der Waals surface area contributed by atoms with Gasteiger partial charge in [-0.1, -0.05) is 56.3 Å². The van der Waals surface area contributed by atoms with Gasteiger partial charge in [0.1, 0.15) is 0 Å². The molecule has 0 radical (unpaired) electrons. The van der Waals surface area contributed by atoms with Gasteiger partial charge in [-0.05, 0) is 16.3 Å². The van der Waals surface area contributed by atoms with Gasteiger partial charge in [0.15, 0.2) is 0 Å². The minimum absolute atomic E-state index is 0.531. The van der Waals surface area contributed by atoms with Crippen molar-refractivity contribution in [3.63, 3.8) is 0 Å². The van der Waals surface area contributed by atoms with Gasteiger partial charge in [0.05, 0.1) is 0 Å². The Hall–Kier alpha value is -1.34. The predicted molar refractivity (Wildman–Crippen MR) is 65.9 cm³/mol. The van der Waals surface area contributed by atoms with Crippen LogP contribution in [0, 0.1) is 0 Å². The van der Waals surface area contributed by atoms with Crippen LogP contribution in [-0.4, -0.2) is 6.04 Å². The summed E-state index contributed by atoms with van der Waals surface area (Å²) in [4.78, 5) is 0. The standard InChI is InChI=1S/C14H17N/c1-11(2)15-10-13-8-5-7-12-6-3-4-9-14(12)13/h3-9,11,15H,10H2,1-2H3. The summed E-state index contributed by atoms with van der Waals surface area (Å²) in [7, 11) is 0. The van der Waals surface area contributed by atoms with E-state index in [-0.39, 0.29) is 0 Å². The monoisotopic (exact) mass is 199 g/mol. The molecular formula is C14H17N. The van der Waals surface area contributed by atoms with Crippen LogP contribution in [0.2, 0.25) is 0 Å². The van der Waals surface area contributed by atoms with Crippen molar-refractivity contribution in [2.45, 2.75) is 26.4 Å². The molecule has 0 aliphatic carbocycles. The van der Waals surface area contributed by atoms with E-state index in [1.165, 1.54) is 16.3 Å².